The zero-order chi connectivity index (χ0) is 14.1. The summed E-state index contributed by atoms with van der Waals surface area (Å²) in [6.07, 6.45) is 4.03. The number of rotatable bonds is 8. The second-order valence-electron chi connectivity index (χ2n) is 4.55. The zero-order valence-electron chi connectivity index (χ0n) is 11.8. The van der Waals surface area contributed by atoms with Gasteiger partial charge in [0.25, 0.3) is 0 Å². The minimum Gasteiger partial charge on any atom is -0.469 e. The van der Waals surface area contributed by atoms with Crippen LogP contribution in [0, 0.1) is 0 Å². The summed E-state index contributed by atoms with van der Waals surface area (Å²) in [4.78, 5) is 11.4. The predicted octanol–water partition coefficient (Wildman–Crippen LogP) is 2.50. The molecule has 0 amide bonds. The summed E-state index contributed by atoms with van der Waals surface area (Å²) >= 11 is 0. The molecule has 0 radical (unpaired) electrons. The van der Waals surface area contributed by atoms with Gasteiger partial charge in [-0.15, -0.1) is 6.58 Å². The summed E-state index contributed by atoms with van der Waals surface area (Å²) in [5, 5.41) is 3.29. The second-order valence-corrected chi connectivity index (χ2v) is 4.55. The van der Waals surface area contributed by atoms with E-state index in [1.54, 1.807) is 6.08 Å². The van der Waals surface area contributed by atoms with Crippen molar-refractivity contribution in [3.63, 3.8) is 0 Å². The Labute approximate surface area is 115 Å². The lowest BCUT2D eigenvalue weighted by Gasteiger charge is -2.17. The van der Waals surface area contributed by atoms with Gasteiger partial charge in [0.1, 0.15) is 0 Å². The lowest BCUT2D eigenvalue weighted by atomic mass is 10.0. The van der Waals surface area contributed by atoms with Gasteiger partial charge < -0.3 is 10.1 Å². The van der Waals surface area contributed by atoms with Crippen molar-refractivity contribution in [2.75, 3.05) is 13.7 Å². The highest BCUT2D eigenvalue weighted by molar-refractivity contribution is 5.70. The van der Waals surface area contributed by atoms with Gasteiger partial charge in [-0.1, -0.05) is 37.3 Å². The van der Waals surface area contributed by atoms with Crippen molar-refractivity contribution in [3.8, 4) is 0 Å². The number of methoxy groups -OCH3 is 1. The number of nitrogens with one attached hydrogen (secondary N) is 1. The molecule has 0 aromatic heterocycles. The molecule has 0 heterocycles. The van der Waals surface area contributed by atoms with Crippen LogP contribution in [-0.2, 0) is 22.4 Å². The van der Waals surface area contributed by atoms with Crippen molar-refractivity contribution < 1.29 is 9.53 Å². The van der Waals surface area contributed by atoms with Crippen molar-refractivity contribution in [1.82, 2.24) is 5.32 Å². The molecule has 1 aromatic carbocycles. The molecular weight excluding hydrogens is 238 g/mol. The molecule has 0 aliphatic carbocycles. The van der Waals surface area contributed by atoms with Crippen LogP contribution in [0.15, 0.2) is 36.9 Å². The van der Waals surface area contributed by atoms with Crippen LogP contribution >= 0.6 is 0 Å². The zero-order valence-corrected chi connectivity index (χ0v) is 11.8. The topological polar surface area (TPSA) is 38.3 Å². The molecule has 0 fully saturated rings. The molecule has 1 atom stereocenters. The van der Waals surface area contributed by atoms with Gasteiger partial charge in [-0.3, -0.25) is 4.79 Å². The van der Waals surface area contributed by atoms with E-state index in [2.05, 4.69) is 43.1 Å². The van der Waals surface area contributed by atoms with E-state index in [4.69, 9.17) is 4.74 Å². The van der Waals surface area contributed by atoms with Crippen LogP contribution in [0.1, 0.15) is 24.5 Å². The molecule has 0 saturated carbocycles. The highest BCUT2D eigenvalue weighted by atomic mass is 16.5. The third kappa shape index (κ3) is 5.71. The van der Waals surface area contributed by atoms with E-state index in [9.17, 15) is 4.79 Å². The van der Waals surface area contributed by atoms with E-state index < -0.39 is 0 Å². The van der Waals surface area contributed by atoms with E-state index in [1.807, 2.05) is 0 Å². The van der Waals surface area contributed by atoms with Gasteiger partial charge in [0.2, 0.25) is 0 Å². The van der Waals surface area contributed by atoms with Crippen molar-refractivity contribution in [1.29, 1.82) is 0 Å². The van der Waals surface area contributed by atoms with Gasteiger partial charge in [0.15, 0.2) is 0 Å². The van der Waals surface area contributed by atoms with E-state index in [0.29, 0.717) is 13.0 Å². The van der Waals surface area contributed by atoms with Gasteiger partial charge in [0, 0.05) is 12.6 Å². The first-order valence-electron chi connectivity index (χ1n) is 6.68. The van der Waals surface area contributed by atoms with Crippen LogP contribution in [0.5, 0.6) is 0 Å². The Balaban J connectivity index is 2.63. The molecular formula is C16H23NO2. The Bertz CT molecular complexity index is 398. The number of aryl methyl sites for hydroxylation is 1. The summed E-state index contributed by atoms with van der Waals surface area (Å²) in [6, 6.07) is 8.60. The van der Waals surface area contributed by atoms with Crippen LogP contribution < -0.4 is 5.32 Å². The number of carbonyl (C=O) groups excluding carboxylic acids is 1. The summed E-state index contributed by atoms with van der Waals surface area (Å²) in [5.74, 6) is -0.188. The Morgan fingerprint density at radius 3 is 2.53 bits per heavy atom. The molecule has 3 heteroatoms. The molecule has 1 aromatic rings. The van der Waals surface area contributed by atoms with Crippen LogP contribution in [0.25, 0.3) is 0 Å². The Morgan fingerprint density at radius 2 is 2.00 bits per heavy atom. The van der Waals surface area contributed by atoms with Crippen LogP contribution in [-0.4, -0.2) is 25.7 Å². The van der Waals surface area contributed by atoms with Gasteiger partial charge >= 0.3 is 5.97 Å². The molecule has 3 nitrogen and oxygen atoms in total. The molecule has 0 saturated heterocycles. The molecule has 0 aliphatic heterocycles. The summed E-state index contributed by atoms with van der Waals surface area (Å²) in [5.41, 5.74) is 2.55. The maximum absolute atomic E-state index is 11.4. The van der Waals surface area contributed by atoms with Crippen molar-refractivity contribution in [2.24, 2.45) is 0 Å². The lowest BCUT2D eigenvalue weighted by Crippen LogP contribution is -2.33. The van der Waals surface area contributed by atoms with Crippen LogP contribution in [0.3, 0.4) is 0 Å². The van der Waals surface area contributed by atoms with Gasteiger partial charge in [-0.05, 0) is 24.0 Å². The molecule has 1 unspecified atom stereocenters. The number of ether oxygens (including phenoxy) is 1. The molecule has 104 valence electrons. The predicted molar refractivity (Wildman–Crippen MR) is 78.1 cm³/mol. The smallest absolute Gasteiger partial charge is 0.307 e. The quantitative estimate of drug-likeness (QED) is 0.577. The van der Waals surface area contributed by atoms with Crippen molar-refractivity contribution >= 4 is 5.97 Å². The number of hydrogen-bond acceptors (Lipinski definition) is 3. The van der Waals surface area contributed by atoms with E-state index in [-0.39, 0.29) is 12.0 Å². The molecule has 0 aliphatic rings. The lowest BCUT2D eigenvalue weighted by molar-refractivity contribution is -0.141. The van der Waals surface area contributed by atoms with Crippen molar-refractivity contribution in [2.45, 2.75) is 32.2 Å². The Morgan fingerprint density at radius 1 is 1.37 bits per heavy atom. The van der Waals surface area contributed by atoms with Gasteiger partial charge in [0.05, 0.1) is 13.5 Å². The maximum Gasteiger partial charge on any atom is 0.307 e. The third-order valence-corrected chi connectivity index (χ3v) is 3.10. The van der Waals surface area contributed by atoms with E-state index >= 15 is 0 Å². The average Bonchev–Trinajstić information content (AvgIpc) is 2.45. The Hall–Kier alpha value is -1.61. The summed E-state index contributed by atoms with van der Waals surface area (Å²) < 4.78 is 4.73. The van der Waals surface area contributed by atoms with Crippen LogP contribution in [0.2, 0.25) is 0 Å². The highest BCUT2D eigenvalue weighted by Gasteiger charge is 2.13. The first kappa shape index (κ1) is 15.4. The van der Waals surface area contributed by atoms with E-state index in [0.717, 1.165) is 12.8 Å². The molecule has 0 spiro atoms. The monoisotopic (exact) mass is 261 g/mol. The largest absolute Gasteiger partial charge is 0.469 e. The van der Waals surface area contributed by atoms with Gasteiger partial charge in [-0.25, -0.2) is 0 Å². The number of hydrogen-bond donors (Lipinski definition) is 1. The van der Waals surface area contributed by atoms with E-state index in [1.165, 1.54) is 18.2 Å². The molecule has 1 rings (SSSR count). The maximum atomic E-state index is 11.4. The van der Waals surface area contributed by atoms with Crippen molar-refractivity contribution in [3.05, 3.63) is 48.0 Å². The highest BCUT2D eigenvalue weighted by Crippen LogP contribution is 2.09. The van der Waals surface area contributed by atoms with Crippen LogP contribution in [0.4, 0.5) is 0 Å². The number of carbonyl (C=O) groups is 1. The molecule has 0 bridgehead atoms. The first-order valence-corrected chi connectivity index (χ1v) is 6.68. The Kier molecular flexibility index (Phi) is 6.90. The number of benzene rings is 1. The number of esters is 1. The fraction of sp³-hybridized carbons (Fsp3) is 0.438. The fourth-order valence-corrected chi connectivity index (χ4v) is 1.95. The minimum atomic E-state index is -0.188. The SMILES string of the molecule is C=CCNC(CC(=O)OC)Cc1ccc(CC)cc1. The summed E-state index contributed by atoms with van der Waals surface area (Å²) in [7, 11) is 1.42. The molecule has 1 N–H and O–H groups in total. The van der Waals surface area contributed by atoms with Gasteiger partial charge in [-0.2, -0.15) is 0 Å². The third-order valence-electron chi connectivity index (χ3n) is 3.10. The average molecular weight is 261 g/mol. The summed E-state index contributed by atoms with van der Waals surface area (Å²) in [6.45, 7) is 6.51. The fourth-order valence-electron chi connectivity index (χ4n) is 1.95. The molecule has 19 heavy (non-hydrogen) atoms. The normalized spacial score (nSPS) is 11.9. The first-order chi connectivity index (χ1) is 9.19. The second kappa shape index (κ2) is 8.48. The minimum absolute atomic E-state index is 0.0814. The standard InChI is InChI=1S/C16H23NO2/c1-4-10-17-15(12-16(18)19-3)11-14-8-6-13(5-2)7-9-14/h4,6-9,15,17H,1,5,10-12H2,2-3H3.